The SMILES string of the molecule is CC(CCC(=O)N1CC[C@H](NC(=O)N(C)C)C1)[C@H]1CC[C@H]2[C@@H]3CC=C4C[C@@H](O)CC[C@]4(C)[C@H]3CC[C@]12C. The average Bonchev–Trinajstić information content (AvgIpc) is 3.46. The van der Waals surface area contributed by atoms with Crippen LogP contribution in [0, 0.1) is 40.4 Å². The first kappa shape index (κ1) is 27.0. The number of aliphatic hydroxyl groups is 1. The van der Waals surface area contributed by atoms with Crippen molar-refractivity contribution in [2.45, 2.75) is 104 Å². The molecule has 1 saturated heterocycles. The Morgan fingerprint density at radius 2 is 1.92 bits per heavy atom. The second kappa shape index (κ2) is 10.2. The second-order valence-electron chi connectivity index (χ2n) is 14.1. The van der Waals surface area contributed by atoms with Crippen LogP contribution in [0.4, 0.5) is 4.79 Å². The number of hydrogen-bond acceptors (Lipinski definition) is 3. The molecule has 6 nitrogen and oxygen atoms in total. The third kappa shape index (κ3) is 4.85. The summed E-state index contributed by atoms with van der Waals surface area (Å²) in [4.78, 5) is 28.5. The molecule has 1 aliphatic heterocycles. The highest BCUT2D eigenvalue weighted by Crippen LogP contribution is 2.67. The minimum absolute atomic E-state index is 0.0697. The van der Waals surface area contributed by atoms with Gasteiger partial charge in [0, 0.05) is 39.6 Å². The number of carbonyl (C=O) groups excluding carboxylic acids is 2. The highest BCUT2D eigenvalue weighted by molar-refractivity contribution is 5.77. The lowest BCUT2D eigenvalue weighted by Gasteiger charge is -2.58. The van der Waals surface area contributed by atoms with Gasteiger partial charge < -0.3 is 20.2 Å². The fourth-order valence-electron chi connectivity index (χ4n) is 9.74. The van der Waals surface area contributed by atoms with Crippen LogP contribution < -0.4 is 5.32 Å². The van der Waals surface area contributed by atoms with E-state index in [0.717, 1.165) is 56.4 Å². The van der Waals surface area contributed by atoms with Gasteiger partial charge >= 0.3 is 6.03 Å². The quantitative estimate of drug-likeness (QED) is 0.496. The van der Waals surface area contributed by atoms with Crippen LogP contribution in [0.1, 0.15) is 91.4 Å². The molecule has 4 fully saturated rings. The van der Waals surface area contributed by atoms with Crippen LogP contribution in [-0.4, -0.2) is 66.2 Å². The van der Waals surface area contributed by atoms with Crippen LogP contribution in [0.15, 0.2) is 11.6 Å². The van der Waals surface area contributed by atoms with E-state index in [1.54, 1.807) is 24.6 Å². The van der Waals surface area contributed by atoms with Gasteiger partial charge in [0.25, 0.3) is 0 Å². The van der Waals surface area contributed by atoms with E-state index in [2.05, 4.69) is 32.2 Å². The van der Waals surface area contributed by atoms with Gasteiger partial charge in [0.15, 0.2) is 0 Å². The van der Waals surface area contributed by atoms with Gasteiger partial charge in [0.1, 0.15) is 0 Å². The molecule has 1 heterocycles. The first-order valence-electron chi connectivity index (χ1n) is 15.2. The maximum atomic E-state index is 13.1. The van der Waals surface area contributed by atoms with Crippen molar-refractivity contribution < 1.29 is 14.7 Å². The maximum absolute atomic E-state index is 13.1. The van der Waals surface area contributed by atoms with Crippen molar-refractivity contribution in [3.63, 3.8) is 0 Å². The van der Waals surface area contributed by atoms with Gasteiger partial charge in [-0.2, -0.15) is 0 Å². The number of fused-ring (bicyclic) bond motifs is 5. The van der Waals surface area contributed by atoms with E-state index in [0.29, 0.717) is 35.6 Å². The Labute approximate surface area is 224 Å². The Kier molecular flexibility index (Phi) is 7.45. The van der Waals surface area contributed by atoms with E-state index in [-0.39, 0.29) is 24.1 Å². The normalized spacial score (nSPS) is 41.8. The molecule has 0 aromatic carbocycles. The van der Waals surface area contributed by atoms with E-state index in [9.17, 15) is 14.7 Å². The van der Waals surface area contributed by atoms with E-state index >= 15 is 0 Å². The molecular weight excluding hydrogens is 462 g/mol. The summed E-state index contributed by atoms with van der Waals surface area (Å²) >= 11 is 0. The number of urea groups is 1. The zero-order valence-electron chi connectivity index (χ0n) is 24.0. The van der Waals surface area contributed by atoms with Crippen molar-refractivity contribution in [2.75, 3.05) is 27.2 Å². The predicted molar refractivity (Wildman–Crippen MR) is 147 cm³/mol. The molecule has 0 radical (unpaired) electrons. The van der Waals surface area contributed by atoms with Gasteiger partial charge in [-0.3, -0.25) is 4.79 Å². The standard InChI is InChI=1S/C31H51N3O3/c1-20(6-11-28(36)34-17-14-22(19-34)32-29(37)33(4)5)25-9-10-26-24-8-7-21-18-23(35)12-15-30(21,2)27(24)13-16-31(25,26)3/h7,20,22-27,35H,6,8-19H2,1-5H3,(H,32,37)/t20?,22-,23-,24-,25+,26-,27-,30-,31+/m0/s1. The average molecular weight is 514 g/mol. The largest absolute Gasteiger partial charge is 0.393 e. The van der Waals surface area contributed by atoms with Crippen LogP contribution in [0.2, 0.25) is 0 Å². The maximum Gasteiger partial charge on any atom is 0.317 e. The van der Waals surface area contributed by atoms with E-state index in [1.807, 2.05) is 4.90 Å². The van der Waals surface area contributed by atoms with Gasteiger partial charge in [-0.1, -0.05) is 32.4 Å². The van der Waals surface area contributed by atoms with Gasteiger partial charge in [0.2, 0.25) is 5.91 Å². The minimum atomic E-state index is -0.132. The molecule has 5 aliphatic rings. The smallest absolute Gasteiger partial charge is 0.317 e. The van der Waals surface area contributed by atoms with Crippen molar-refractivity contribution in [2.24, 2.45) is 40.4 Å². The van der Waals surface area contributed by atoms with Crippen molar-refractivity contribution in [1.29, 1.82) is 0 Å². The molecule has 0 aromatic heterocycles. The Balaban J connectivity index is 1.17. The fraction of sp³-hybridized carbons (Fsp3) is 0.871. The summed E-state index contributed by atoms with van der Waals surface area (Å²) < 4.78 is 0. The molecule has 6 heteroatoms. The molecule has 208 valence electrons. The molecule has 2 N–H and O–H groups in total. The zero-order chi connectivity index (χ0) is 26.5. The Morgan fingerprint density at radius 1 is 1.14 bits per heavy atom. The molecule has 0 aromatic rings. The molecule has 3 amide bonds. The monoisotopic (exact) mass is 513 g/mol. The summed E-state index contributed by atoms with van der Waals surface area (Å²) in [6.07, 6.45) is 14.4. The molecule has 5 rings (SSSR count). The predicted octanol–water partition coefficient (Wildman–Crippen LogP) is 5.21. The van der Waals surface area contributed by atoms with Crippen LogP contribution in [0.5, 0.6) is 0 Å². The van der Waals surface area contributed by atoms with Gasteiger partial charge in [-0.05, 0) is 105 Å². The highest BCUT2D eigenvalue weighted by atomic mass is 16.3. The molecule has 0 bridgehead atoms. The van der Waals surface area contributed by atoms with Crippen LogP contribution in [0.3, 0.4) is 0 Å². The lowest BCUT2D eigenvalue weighted by atomic mass is 9.47. The summed E-state index contributed by atoms with van der Waals surface area (Å²) in [6.45, 7) is 8.91. The number of nitrogens with zero attached hydrogens (tertiary/aromatic N) is 2. The van der Waals surface area contributed by atoms with E-state index in [4.69, 9.17) is 0 Å². The summed E-state index contributed by atoms with van der Waals surface area (Å²) in [5, 5.41) is 13.3. The van der Waals surface area contributed by atoms with E-state index in [1.165, 1.54) is 32.1 Å². The van der Waals surface area contributed by atoms with E-state index < -0.39 is 0 Å². The molecule has 3 saturated carbocycles. The second-order valence-corrected chi connectivity index (χ2v) is 14.1. The van der Waals surface area contributed by atoms with Crippen molar-refractivity contribution in [1.82, 2.24) is 15.1 Å². The Hall–Kier alpha value is -1.56. The first-order valence-corrected chi connectivity index (χ1v) is 15.2. The van der Waals surface area contributed by atoms with Crippen molar-refractivity contribution in [3.8, 4) is 0 Å². The van der Waals surface area contributed by atoms with Crippen molar-refractivity contribution in [3.05, 3.63) is 11.6 Å². The van der Waals surface area contributed by atoms with Gasteiger partial charge in [0.05, 0.1) is 6.10 Å². The third-order valence-corrected chi connectivity index (χ3v) is 11.9. The minimum Gasteiger partial charge on any atom is -0.393 e. The number of carbonyl (C=O) groups is 2. The van der Waals surface area contributed by atoms with Crippen LogP contribution >= 0.6 is 0 Å². The van der Waals surface area contributed by atoms with Crippen LogP contribution in [-0.2, 0) is 4.79 Å². The molecule has 4 aliphatic carbocycles. The summed E-state index contributed by atoms with van der Waals surface area (Å²) in [5.74, 6) is 3.91. The van der Waals surface area contributed by atoms with Gasteiger partial charge in [-0.15, -0.1) is 0 Å². The molecular formula is C31H51N3O3. The molecule has 37 heavy (non-hydrogen) atoms. The van der Waals surface area contributed by atoms with Crippen LogP contribution in [0.25, 0.3) is 0 Å². The number of rotatable bonds is 5. The zero-order valence-corrected chi connectivity index (χ0v) is 24.0. The topological polar surface area (TPSA) is 72.9 Å². The highest BCUT2D eigenvalue weighted by Gasteiger charge is 2.59. The fourth-order valence-corrected chi connectivity index (χ4v) is 9.74. The number of aliphatic hydroxyl groups excluding tert-OH is 1. The van der Waals surface area contributed by atoms with Crippen molar-refractivity contribution >= 4 is 11.9 Å². The summed E-state index contributed by atoms with van der Waals surface area (Å²) in [5.41, 5.74) is 2.26. The lowest BCUT2D eigenvalue weighted by molar-refractivity contribution is -0.130. The number of nitrogens with one attached hydrogen (secondary N) is 1. The lowest BCUT2D eigenvalue weighted by Crippen LogP contribution is -2.50. The number of hydrogen-bond donors (Lipinski definition) is 2. The molecule has 0 spiro atoms. The summed E-state index contributed by atoms with van der Waals surface area (Å²) in [7, 11) is 3.50. The molecule has 1 unspecified atom stereocenters. The summed E-state index contributed by atoms with van der Waals surface area (Å²) in [6, 6.07) is -0.00766. The molecule has 9 atom stereocenters. The number of allylic oxidation sites excluding steroid dienone is 1. The Morgan fingerprint density at radius 3 is 2.68 bits per heavy atom. The Bertz CT molecular complexity index is 917. The van der Waals surface area contributed by atoms with Gasteiger partial charge in [-0.25, -0.2) is 4.79 Å². The number of amides is 3. The third-order valence-electron chi connectivity index (χ3n) is 11.9. The number of likely N-dealkylation sites (tertiary alicyclic amines) is 1. The first-order chi connectivity index (χ1) is 17.5.